The molecule has 2 aromatic carbocycles. The molecule has 1 aliphatic carbocycles. The van der Waals surface area contributed by atoms with Crippen LogP contribution in [0.5, 0.6) is 0 Å². The van der Waals surface area contributed by atoms with Crippen LogP contribution in [0.2, 0.25) is 0 Å². The molecule has 0 bridgehead atoms. The molecule has 0 radical (unpaired) electrons. The summed E-state index contributed by atoms with van der Waals surface area (Å²) < 4.78 is 0.841. The van der Waals surface area contributed by atoms with Crippen LogP contribution in [0, 0.1) is 0 Å². The molecule has 0 unspecified atom stereocenters. The summed E-state index contributed by atoms with van der Waals surface area (Å²) in [7, 11) is 0. The van der Waals surface area contributed by atoms with Gasteiger partial charge in [-0.25, -0.2) is 0 Å². The smallest absolute Gasteiger partial charge is 0.262 e. The highest BCUT2D eigenvalue weighted by molar-refractivity contribution is 9.10. The zero-order chi connectivity index (χ0) is 19.4. The Labute approximate surface area is 164 Å². The maximum Gasteiger partial charge on any atom is 0.262 e. The van der Waals surface area contributed by atoms with E-state index < -0.39 is 35.7 Å². The number of rotatable bonds is 4. The summed E-state index contributed by atoms with van der Waals surface area (Å²) in [4.78, 5) is 27.3. The molecule has 1 aliphatic heterocycles. The summed E-state index contributed by atoms with van der Waals surface area (Å²) in [6.45, 7) is -0.602. The van der Waals surface area contributed by atoms with E-state index in [1.165, 1.54) is 4.90 Å². The standard InChI is InChI=1S/C20H18BrNO5/c21-13-7-5-12(6-8-13)19(10-20(27,11-19)16(24)9-23)22-17(25)14-3-1-2-4-15(14)18(22)26/h1-8,16,23-24,27H,9-11H2/t16-,19?,20?/m1/s1. The lowest BCUT2D eigenvalue weighted by Gasteiger charge is -2.58. The van der Waals surface area contributed by atoms with Crippen LogP contribution in [0.1, 0.15) is 39.1 Å². The number of aliphatic hydroxyl groups excluding tert-OH is 2. The van der Waals surface area contributed by atoms with Gasteiger partial charge in [0.2, 0.25) is 0 Å². The van der Waals surface area contributed by atoms with Crippen LogP contribution < -0.4 is 0 Å². The molecule has 1 heterocycles. The van der Waals surface area contributed by atoms with Crippen molar-refractivity contribution in [3.8, 4) is 0 Å². The van der Waals surface area contributed by atoms with Gasteiger partial charge in [0.1, 0.15) is 6.10 Å². The third-order valence-corrected chi connectivity index (χ3v) is 6.12. The predicted molar refractivity (Wildman–Crippen MR) is 100 cm³/mol. The minimum absolute atomic E-state index is 0.0468. The maximum absolute atomic E-state index is 13.0. The Morgan fingerprint density at radius 2 is 1.52 bits per heavy atom. The molecule has 1 fully saturated rings. The highest BCUT2D eigenvalue weighted by Crippen LogP contribution is 2.55. The second kappa shape index (κ2) is 6.24. The van der Waals surface area contributed by atoms with Crippen molar-refractivity contribution in [3.05, 3.63) is 69.7 Å². The van der Waals surface area contributed by atoms with E-state index in [0.29, 0.717) is 16.7 Å². The zero-order valence-electron chi connectivity index (χ0n) is 14.3. The molecule has 4 rings (SSSR count). The van der Waals surface area contributed by atoms with Gasteiger partial charge in [0.15, 0.2) is 0 Å². The van der Waals surface area contributed by atoms with Crippen LogP contribution >= 0.6 is 15.9 Å². The second-order valence-electron chi connectivity index (χ2n) is 7.19. The summed E-state index contributed by atoms with van der Waals surface area (Å²) >= 11 is 3.37. The molecule has 3 N–H and O–H groups in total. The van der Waals surface area contributed by atoms with Crippen LogP contribution in [0.15, 0.2) is 53.0 Å². The minimum Gasteiger partial charge on any atom is -0.394 e. The van der Waals surface area contributed by atoms with E-state index in [9.17, 15) is 24.9 Å². The van der Waals surface area contributed by atoms with Crippen LogP contribution in [-0.4, -0.2) is 50.3 Å². The summed E-state index contributed by atoms with van der Waals surface area (Å²) in [5, 5.41) is 30.0. The van der Waals surface area contributed by atoms with E-state index in [4.69, 9.17) is 0 Å². The van der Waals surface area contributed by atoms with Gasteiger partial charge in [0, 0.05) is 17.3 Å². The fourth-order valence-electron chi connectivity index (χ4n) is 4.20. The van der Waals surface area contributed by atoms with Crippen LogP contribution in [0.4, 0.5) is 0 Å². The van der Waals surface area contributed by atoms with E-state index >= 15 is 0 Å². The highest BCUT2D eigenvalue weighted by Gasteiger charge is 2.64. The van der Waals surface area contributed by atoms with Crippen molar-refractivity contribution in [2.45, 2.75) is 30.1 Å². The van der Waals surface area contributed by atoms with Crippen molar-refractivity contribution in [1.82, 2.24) is 4.90 Å². The number of aliphatic hydroxyl groups is 3. The first kappa shape index (κ1) is 18.3. The third-order valence-electron chi connectivity index (χ3n) is 5.59. The summed E-state index contributed by atoms with van der Waals surface area (Å²) in [5.74, 6) is -0.835. The molecular weight excluding hydrogens is 414 g/mol. The molecule has 0 saturated heterocycles. The molecule has 7 heteroatoms. The average molecular weight is 432 g/mol. The monoisotopic (exact) mass is 431 g/mol. The van der Waals surface area contributed by atoms with Crippen LogP contribution in [-0.2, 0) is 5.54 Å². The fraction of sp³-hybridized carbons (Fsp3) is 0.300. The number of imide groups is 1. The van der Waals surface area contributed by atoms with E-state index in [2.05, 4.69) is 15.9 Å². The van der Waals surface area contributed by atoms with Crippen molar-refractivity contribution < 1.29 is 24.9 Å². The lowest BCUT2D eigenvalue weighted by Crippen LogP contribution is -2.68. The molecule has 6 nitrogen and oxygen atoms in total. The summed E-state index contributed by atoms with van der Waals surface area (Å²) in [6.07, 6.45) is -1.44. The maximum atomic E-state index is 13.0. The summed E-state index contributed by atoms with van der Waals surface area (Å²) in [6, 6.07) is 13.8. The quantitative estimate of drug-likeness (QED) is 0.641. The Balaban J connectivity index is 1.81. The highest BCUT2D eigenvalue weighted by atomic mass is 79.9. The molecule has 1 saturated carbocycles. The average Bonchev–Trinajstić information content (AvgIpc) is 2.90. The number of amides is 2. The number of nitrogens with zero attached hydrogens (tertiary/aromatic N) is 1. The molecule has 0 spiro atoms. The van der Waals surface area contributed by atoms with Crippen molar-refractivity contribution in [3.63, 3.8) is 0 Å². The van der Waals surface area contributed by atoms with Gasteiger partial charge in [-0.15, -0.1) is 0 Å². The van der Waals surface area contributed by atoms with Gasteiger partial charge in [-0.1, -0.05) is 40.2 Å². The molecule has 0 aromatic heterocycles. The molecule has 27 heavy (non-hydrogen) atoms. The van der Waals surface area contributed by atoms with Gasteiger partial charge in [-0.05, 0) is 29.8 Å². The number of halogens is 1. The van der Waals surface area contributed by atoms with Gasteiger partial charge in [-0.3, -0.25) is 14.5 Å². The van der Waals surface area contributed by atoms with E-state index in [-0.39, 0.29) is 12.8 Å². The Hall–Kier alpha value is -2.06. The number of fused-ring (bicyclic) bond motifs is 1. The predicted octanol–water partition coefficient (Wildman–Crippen LogP) is 1.82. The Bertz CT molecular complexity index is 885. The number of hydrogen-bond acceptors (Lipinski definition) is 5. The van der Waals surface area contributed by atoms with Crippen molar-refractivity contribution >= 4 is 27.7 Å². The number of carbonyl (C=O) groups excluding carboxylic acids is 2. The van der Waals surface area contributed by atoms with Crippen molar-refractivity contribution in [1.29, 1.82) is 0 Å². The van der Waals surface area contributed by atoms with E-state index in [0.717, 1.165) is 4.47 Å². The number of benzene rings is 2. The zero-order valence-corrected chi connectivity index (χ0v) is 15.9. The normalized spacial score (nSPS) is 28.1. The topological polar surface area (TPSA) is 98.1 Å². The SMILES string of the molecule is O=C1c2ccccc2C(=O)N1C1(c2ccc(Br)cc2)CC(O)([C@H](O)CO)C1. The number of hydrogen-bond donors (Lipinski definition) is 3. The lowest BCUT2D eigenvalue weighted by atomic mass is 9.58. The Kier molecular flexibility index (Phi) is 4.23. The van der Waals surface area contributed by atoms with Gasteiger partial charge in [-0.2, -0.15) is 0 Å². The first-order chi connectivity index (χ1) is 12.8. The summed E-state index contributed by atoms with van der Waals surface area (Å²) in [5.41, 5.74) is -1.31. The number of carbonyl (C=O) groups is 2. The lowest BCUT2D eigenvalue weighted by molar-refractivity contribution is -0.196. The van der Waals surface area contributed by atoms with Crippen LogP contribution in [0.25, 0.3) is 0 Å². The molecule has 2 aromatic rings. The largest absolute Gasteiger partial charge is 0.394 e. The molecular formula is C20H18BrNO5. The van der Waals surface area contributed by atoms with Crippen molar-refractivity contribution in [2.75, 3.05) is 6.61 Å². The van der Waals surface area contributed by atoms with E-state index in [1.807, 2.05) is 0 Å². The molecule has 1 atom stereocenters. The Morgan fingerprint density at radius 3 is 2.00 bits per heavy atom. The van der Waals surface area contributed by atoms with E-state index in [1.54, 1.807) is 48.5 Å². The van der Waals surface area contributed by atoms with Crippen molar-refractivity contribution in [2.24, 2.45) is 0 Å². The third kappa shape index (κ3) is 2.57. The molecule has 140 valence electrons. The fourth-order valence-corrected chi connectivity index (χ4v) is 4.46. The van der Waals surface area contributed by atoms with Gasteiger partial charge < -0.3 is 15.3 Å². The first-order valence-electron chi connectivity index (χ1n) is 8.58. The molecule has 2 amide bonds. The minimum atomic E-state index is -1.57. The van der Waals surface area contributed by atoms with Gasteiger partial charge >= 0.3 is 0 Å². The van der Waals surface area contributed by atoms with Gasteiger partial charge in [0.05, 0.1) is 28.9 Å². The van der Waals surface area contributed by atoms with Gasteiger partial charge in [0.25, 0.3) is 11.8 Å². The molecule has 2 aliphatic rings. The first-order valence-corrected chi connectivity index (χ1v) is 9.37. The Morgan fingerprint density at radius 1 is 1.00 bits per heavy atom. The van der Waals surface area contributed by atoms with Crippen LogP contribution in [0.3, 0.4) is 0 Å². The second-order valence-corrected chi connectivity index (χ2v) is 8.10.